The Kier molecular flexibility index (Phi) is 3.69. The van der Waals surface area contributed by atoms with Crippen LogP contribution >= 0.6 is 11.8 Å². The highest BCUT2D eigenvalue weighted by Crippen LogP contribution is 2.34. The van der Waals surface area contributed by atoms with E-state index in [9.17, 15) is 19.2 Å². The highest BCUT2D eigenvalue weighted by molar-refractivity contribution is 7.99. The van der Waals surface area contributed by atoms with Crippen LogP contribution in [0.3, 0.4) is 0 Å². The van der Waals surface area contributed by atoms with E-state index in [1.165, 1.54) is 23.7 Å². The number of imide groups is 2. The van der Waals surface area contributed by atoms with Gasteiger partial charge in [0.05, 0.1) is 22.3 Å². The van der Waals surface area contributed by atoms with Crippen molar-refractivity contribution < 1.29 is 19.2 Å². The Morgan fingerprint density at radius 2 is 1.19 bits per heavy atom. The van der Waals surface area contributed by atoms with Crippen molar-refractivity contribution in [2.45, 2.75) is 16.7 Å². The van der Waals surface area contributed by atoms with Gasteiger partial charge in [-0.05, 0) is 43.3 Å². The van der Waals surface area contributed by atoms with Crippen molar-refractivity contribution in [3.05, 3.63) is 58.7 Å². The highest BCUT2D eigenvalue weighted by Gasteiger charge is 2.35. The summed E-state index contributed by atoms with van der Waals surface area (Å²) < 4.78 is 0. The Bertz CT molecular complexity index is 1010. The second kappa shape index (κ2) is 5.81. The molecule has 0 fully saturated rings. The molecule has 0 saturated carbocycles. The summed E-state index contributed by atoms with van der Waals surface area (Å²) in [5.74, 6) is -1.18. The molecule has 7 heteroatoms. The monoisotopic (exact) mass is 366 g/mol. The summed E-state index contributed by atoms with van der Waals surface area (Å²) in [5, 5.41) is 0. The molecule has 0 aromatic heterocycles. The summed E-state index contributed by atoms with van der Waals surface area (Å²) >= 11 is 1.37. The van der Waals surface area contributed by atoms with Crippen molar-refractivity contribution in [3.8, 4) is 0 Å². The molecule has 2 aliphatic heterocycles. The largest absolute Gasteiger partial charge is 0.277 e. The van der Waals surface area contributed by atoms with Crippen molar-refractivity contribution >= 4 is 35.4 Å². The van der Waals surface area contributed by atoms with E-state index in [0.717, 1.165) is 14.7 Å². The van der Waals surface area contributed by atoms with Crippen LogP contribution in [0.5, 0.6) is 0 Å². The Labute approximate surface area is 153 Å². The summed E-state index contributed by atoms with van der Waals surface area (Å²) in [6.45, 7) is 2.10. The van der Waals surface area contributed by atoms with E-state index in [1.54, 1.807) is 43.3 Å². The zero-order valence-electron chi connectivity index (χ0n) is 14.1. The topological polar surface area (TPSA) is 74.8 Å². The minimum Gasteiger partial charge on any atom is -0.277 e. The van der Waals surface area contributed by atoms with Crippen LogP contribution in [0.15, 0.2) is 46.2 Å². The summed E-state index contributed by atoms with van der Waals surface area (Å²) in [6.07, 6.45) is 0. The normalized spacial score (nSPS) is 15.8. The second-order valence-corrected chi connectivity index (χ2v) is 7.19. The highest BCUT2D eigenvalue weighted by atomic mass is 32.2. The summed E-state index contributed by atoms with van der Waals surface area (Å²) in [6, 6.07) is 10.2. The molecular weight excluding hydrogens is 352 g/mol. The third-order valence-corrected chi connectivity index (χ3v) is 5.53. The van der Waals surface area contributed by atoms with Crippen LogP contribution in [0.4, 0.5) is 0 Å². The van der Waals surface area contributed by atoms with Gasteiger partial charge in [0, 0.05) is 23.4 Å². The number of rotatable bonds is 3. The van der Waals surface area contributed by atoms with Gasteiger partial charge in [-0.25, -0.2) is 0 Å². The molecule has 0 aliphatic carbocycles. The van der Waals surface area contributed by atoms with Crippen molar-refractivity contribution in [1.82, 2.24) is 9.80 Å². The Morgan fingerprint density at radius 1 is 0.731 bits per heavy atom. The zero-order valence-corrected chi connectivity index (χ0v) is 14.9. The predicted octanol–water partition coefficient (Wildman–Crippen LogP) is 2.68. The second-order valence-electron chi connectivity index (χ2n) is 6.04. The predicted molar refractivity (Wildman–Crippen MR) is 94.5 cm³/mol. The van der Waals surface area contributed by atoms with Gasteiger partial charge in [-0.2, -0.15) is 0 Å². The average molecular weight is 366 g/mol. The van der Waals surface area contributed by atoms with Crippen molar-refractivity contribution in [3.63, 3.8) is 0 Å². The fourth-order valence-electron chi connectivity index (χ4n) is 3.16. The van der Waals surface area contributed by atoms with Gasteiger partial charge in [-0.3, -0.25) is 29.0 Å². The minimum atomic E-state index is -0.319. The fourth-order valence-corrected chi connectivity index (χ4v) is 4.06. The van der Waals surface area contributed by atoms with E-state index < -0.39 is 0 Å². The molecule has 2 aromatic carbocycles. The number of carbonyl (C=O) groups excluding carboxylic acids is 4. The van der Waals surface area contributed by atoms with E-state index in [4.69, 9.17) is 0 Å². The van der Waals surface area contributed by atoms with Crippen LogP contribution in [-0.4, -0.2) is 47.0 Å². The first kappa shape index (κ1) is 16.5. The Hall–Kier alpha value is -2.93. The van der Waals surface area contributed by atoms with Gasteiger partial charge in [-0.15, -0.1) is 0 Å². The molecule has 0 N–H and O–H groups in total. The number of amides is 4. The van der Waals surface area contributed by atoms with Gasteiger partial charge < -0.3 is 0 Å². The lowest BCUT2D eigenvalue weighted by molar-refractivity contribution is 0.0656. The molecule has 4 rings (SSSR count). The van der Waals surface area contributed by atoms with E-state index in [2.05, 4.69) is 0 Å². The fraction of sp³-hybridized carbons (Fsp3) is 0.158. The number of fused-ring (bicyclic) bond motifs is 2. The van der Waals surface area contributed by atoms with Crippen molar-refractivity contribution in [1.29, 1.82) is 0 Å². The van der Waals surface area contributed by atoms with E-state index >= 15 is 0 Å². The third-order valence-electron chi connectivity index (χ3n) is 4.56. The Morgan fingerprint density at radius 3 is 1.77 bits per heavy atom. The molecule has 130 valence electrons. The smallest absolute Gasteiger partial charge is 0.261 e. The van der Waals surface area contributed by atoms with Crippen LogP contribution < -0.4 is 0 Å². The lowest BCUT2D eigenvalue weighted by atomic mass is 10.1. The lowest BCUT2D eigenvalue weighted by Crippen LogP contribution is -2.29. The summed E-state index contributed by atoms with van der Waals surface area (Å²) in [7, 11) is 1.46. The van der Waals surface area contributed by atoms with E-state index in [-0.39, 0.29) is 23.6 Å². The van der Waals surface area contributed by atoms with Crippen LogP contribution in [0, 0.1) is 0 Å². The molecule has 0 atom stereocenters. The van der Waals surface area contributed by atoms with Gasteiger partial charge in [0.2, 0.25) is 0 Å². The minimum absolute atomic E-state index is 0.270. The molecule has 0 saturated heterocycles. The molecule has 26 heavy (non-hydrogen) atoms. The molecule has 6 nitrogen and oxygen atoms in total. The number of hydrogen-bond acceptors (Lipinski definition) is 5. The van der Waals surface area contributed by atoms with Crippen LogP contribution in [-0.2, 0) is 0 Å². The van der Waals surface area contributed by atoms with Gasteiger partial charge in [0.15, 0.2) is 0 Å². The first-order valence-corrected chi connectivity index (χ1v) is 8.88. The first-order valence-electron chi connectivity index (χ1n) is 8.07. The van der Waals surface area contributed by atoms with E-state index in [1.807, 2.05) is 0 Å². The van der Waals surface area contributed by atoms with Crippen LogP contribution in [0.25, 0.3) is 0 Å². The standard InChI is InChI=1S/C19H14N2O4S/c1-3-21-18(24)13-7-5-11(9-15(13)19(21)25)26-10-4-6-12-14(8-10)17(23)20(2)16(12)22/h4-9H,3H2,1-2H3. The molecule has 2 aromatic rings. The molecular formula is C19H14N2O4S. The molecule has 0 spiro atoms. The van der Waals surface area contributed by atoms with Gasteiger partial charge in [0.25, 0.3) is 23.6 Å². The van der Waals surface area contributed by atoms with E-state index in [0.29, 0.717) is 28.8 Å². The summed E-state index contributed by atoms with van der Waals surface area (Å²) in [5.41, 5.74) is 1.59. The van der Waals surface area contributed by atoms with Crippen LogP contribution in [0.2, 0.25) is 0 Å². The molecule has 0 bridgehead atoms. The number of carbonyl (C=O) groups is 4. The average Bonchev–Trinajstić information content (AvgIpc) is 3.01. The zero-order chi connectivity index (χ0) is 18.6. The molecule has 2 heterocycles. The van der Waals surface area contributed by atoms with Gasteiger partial charge in [-0.1, -0.05) is 11.8 Å². The SMILES string of the molecule is CCN1C(=O)c2ccc(Sc3ccc4c(c3)C(=O)N(C)C4=O)cc2C1=O. The molecule has 0 unspecified atom stereocenters. The molecule has 4 amide bonds. The van der Waals surface area contributed by atoms with Gasteiger partial charge in [0.1, 0.15) is 0 Å². The number of nitrogens with zero attached hydrogens (tertiary/aromatic N) is 2. The maximum atomic E-state index is 12.3. The maximum Gasteiger partial charge on any atom is 0.261 e. The number of benzene rings is 2. The lowest BCUT2D eigenvalue weighted by Gasteiger charge is -2.08. The quantitative estimate of drug-likeness (QED) is 0.781. The molecule has 0 radical (unpaired) electrons. The van der Waals surface area contributed by atoms with Crippen molar-refractivity contribution in [2.24, 2.45) is 0 Å². The first-order chi connectivity index (χ1) is 12.4. The number of hydrogen-bond donors (Lipinski definition) is 0. The summed E-state index contributed by atoms with van der Waals surface area (Å²) in [4.78, 5) is 52.4. The molecule has 2 aliphatic rings. The van der Waals surface area contributed by atoms with Crippen LogP contribution in [0.1, 0.15) is 48.4 Å². The van der Waals surface area contributed by atoms with Crippen molar-refractivity contribution in [2.75, 3.05) is 13.6 Å². The van der Waals surface area contributed by atoms with Gasteiger partial charge >= 0.3 is 0 Å². The Balaban J connectivity index is 1.66. The third kappa shape index (κ3) is 2.28. The maximum absolute atomic E-state index is 12.3.